The van der Waals surface area contributed by atoms with Gasteiger partial charge in [-0.25, -0.2) is 13.1 Å². The van der Waals surface area contributed by atoms with E-state index in [2.05, 4.69) is 23.9 Å². The summed E-state index contributed by atoms with van der Waals surface area (Å²) in [4.78, 5) is 12.3. The van der Waals surface area contributed by atoms with Crippen LogP contribution in [-0.2, 0) is 14.8 Å². The third-order valence-corrected chi connectivity index (χ3v) is 6.55. The maximum absolute atomic E-state index is 12.6. The standard InChI is InChI=1S/C25H28N2O4S/c1-18(2)20-9-11-22(12-10-20)26-25(28)17-31-23-13-15-24(16-14-23)32(29,30)27-19(3)21-7-5-4-6-8-21/h4-16,18-19,27H,17H2,1-3H3,(H,26,28)/t19-/m1/s1. The van der Waals surface area contributed by atoms with E-state index in [1.54, 1.807) is 6.92 Å². The average Bonchev–Trinajstić information content (AvgIpc) is 2.78. The molecule has 0 saturated heterocycles. The zero-order chi connectivity index (χ0) is 23.1. The lowest BCUT2D eigenvalue weighted by atomic mass is 10.0. The molecule has 32 heavy (non-hydrogen) atoms. The van der Waals surface area contributed by atoms with Crippen LogP contribution in [0.1, 0.15) is 43.9 Å². The number of hydrogen-bond acceptors (Lipinski definition) is 4. The first-order valence-corrected chi connectivity index (χ1v) is 11.9. The zero-order valence-electron chi connectivity index (χ0n) is 18.4. The van der Waals surface area contributed by atoms with Crippen LogP contribution in [0.2, 0.25) is 0 Å². The third-order valence-electron chi connectivity index (χ3n) is 5.00. The van der Waals surface area contributed by atoms with Crippen molar-refractivity contribution in [1.29, 1.82) is 0 Å². The van der Waals surface area contributed by atoms with Gasteiger partial charge in [0.15, 0.2) is 6.61 Å². The van der Waals surface area contributed by atoms with Gasteiger partial charge in [0.2, 0.25) is 10.0 Å². The number of hydrogen-bond donors (Lipinski definition) is 2. The largest absolute Gasteiger partial charge is 0.484 e. The van der Waals surface area contributed by atoms with Crippen molar-refractivity contribution in [3.63, 3.8) is 0 Å². The molecule has 3 aromatic rings. The highest BCUT2D eigenvalue weighted by Crippen LogP contribution is 2.20. The Morgan fingerprint density at radius 1 is 0.844 bits per heavy atom. The van der Waals surface area contributed by atoms with E-state index in [1.165, 1.54) is 29.8 Å². The maximum atomic E-state index is 12.6. The minimum Gasteiger partial charge on any atom is -0.484 e. The van der Waals surface area contributed by atoms with Crippen molar-refractivity contribution in [2.45, 2.75) is 37.6 Å². The second-order valence-corrected chi connectivity index (χ2v) is 9.55. The molecule has 6 nitrogen and oxygen atoms in total. The molecule has 3 rings (SSSR count). The van der Waals surface area contributed by atoms with Crippen LogP contribution >= 0.6 is 0 Å². The molecule has 0 fully saturated rings. The predicted molar refractivity (Wildman–Crippen MR) is 126 cm³/mol. The second-order valence-electron chi connectivity index (χ2n) is 7.84. The summed E-state index contributed by atoms with van der Waals surface area (Å²) in [6.45, 7) is 5.83. The Kier molecular flexibility index (Phi) is 7.66. The van der Waals surface area contributed by atoms with Crippen molar-refractivity contribution >= 4 is 21.6 Å². The first kappa shape index (κ1) is 23.5. The summed E-state index contributed by atoms with van der Waals surface area (Å²) in [5, 5.41) is 2.78. The van der Waals surface area contributed by atoms with E-state index >= 15 is 0 Å². The molecule has 0 unspecified atom stereocenters. The van der Waals surface area contributed by atoms with E-state index in [1.807, 2.05) is 54.6 Å². The molecule has 0 spiro atoms. The number of carbonyl (C=O) groups excluding carboxylic acids is 1. The van der Waals surface area contributed by atoms with Crippen LogP contribution in [0.3, 0.4) is 0 Å². The summed E-state index contributed by atoms with van der Waals surface area (Å²) in [5.41, 5.74) is 2.77. The number of sulfonamides is 1. The molecule has 168 valence electrons. The minimum absolute atomic E-state index is 0.127. The Balaban J connectivity index is 1.54. The lowest BCUT2D eigenvalue weighted by molar-refractivity contribution is -0.118. The zero-order valence-corrected chi connectivity index (χ0v) is 19.2. The normalized spacial score (nSPS) is 12.4. The number of carbonyl (C=O) groups is 1. The number of benzene rings is 3. The molecule has 0 aliphatic heterocycles. The van der Waals surface area contributed by atoms with E-state index in [4.69, 9.17) is 4.74 Å². The molecule has 3 aromatic carbocycles. The van der Waals surface area contributed by atoms with E-state index in [9.17, 15) is 13.2 Å². The molecule has 0 aliphatic rings. The lowest BCUT2D eigenvalue weighted by Gasteiger charge is -2.15. The van der Waals surface area contributed by atoms with Gasteiger partial charge in [0.25, 0.3) is 5.91 Å². The summed E-state index contributed by atoms with van der Waals surface area (Å²) < 4.78 is 33.4. The van der Waals surface area contributed by atoms with Crippen LogP contribution in [0.25, 0.3) is 0 Å². The summed E-state index contributed by atoms with van der Waals surface area (Å²) in [6.07, 6.45) is 0. The van der Waals surface area contributed by atoms with E-state index < -0.39 is 10.0 Å². The topological polar surface area (TPSA) is 84.5 Å². The molecule has 0 radical (unpaired) electrons. The third kappa shape index (κ3) is 6.42. The maximum Gasteiger partial charge on any atom is 0.262 e. The molecule has 2 N–H and O–H groups in total. The number of ether oxygens (including phenoxy) is 1. The molecular formula is C25H28N2O4S. The van der Waals surface area contributed by atoms with Crippen LogP contribution in [0.5, 0.6) is 5.75 Å². The van der Waals surface area contributed by atoms with Gasteiger partial charge in [-0.1, -0.05) is 56.3 Å². The van der Waals surface area contributed by atoms with Crippen LogP contribution in [0.15, 0.2) is 83.8 Å². The predicted octanol–water partition coefficient (Wildman–Crippen LogP) is 4.87. The van der Waals surface area contributed by atoms with Gasteiger partial charge in [-0.15, -0.1) is 0 Å². The molecule has 7 heteroatoms. The molecule has 0 heterocycles. The molecular weight excluding hydrogens is 424 g/mol. The van der Waals surface area contributed by atoms with Crippen molar-refractivity contribution in [3.05, 3.63) is 90.0 Å². The Bertz CT molecular complexity index is 1130. The molecule has 1 amide bonds. The van der Waals surface area contributed by atoms with Crippen molar-refractivity contribution in [2.75, 3.05) is 11.9 Å². The fourth-order valence-electron chi connectivity index (χ4n) is 3.12. The molecule has 1 atom stereocenters. The molecule has 0 aliphatic carbocycles. The van der Waals surface area contributed by atoms with Gasteiger partial charge in [-0.3, -0.25) is 4.79 Å². The number of amides is 1. The van der Waals surface area contributed by atoms with Gasteiger partial charge in [0.05, 0.1) is 4.90 Å². The monoisotopic (exact) mass is 452 g/mol. The number of anilines is 1. The summed E-state index contributed by atoms with van der Waals surface area (Å²) >= 11 is 0. The lowest BCUT2D eigenvalue weighted by Crippen LogP contribution is -2.26. The van der Waals surface area contributed by atoms with Crippen LogP contribution in [-0.4, -0.2) is 20.9 Å². The average molecular weight is 453 g/mol. The smallest absolute Gasteiger partial charge is 0.262 e. The SMILES string of the molecule is CC(C)c1ccc(NC(=O)COc2ccc(S(=O)(=O)N[C@H](C)c3ccccc3)cc2)cc1. The van der Waals surface area contributed by atoms with Gasteiger partial charge >= 0.3 is 0 Å². The summed E-state index contributed by atoms with van der Waals surface area (Å²) in [6, 6.07) is 22.6. The highest BCUT2D eigenvalue weighted by Gasteiger charge is 2.18. The van der Waals surface area contributed by atoms with Crippen molar-refractivity contribution in [3.8, 4) is 5.75 Å². The van der Waals surface area contributed by atoms with Gasteiger partial charge in [0, 0.05) is 11.7 Å². The van der Waals surface area contributed by atoms with E-state index in [-0.39, 0.29) is 23.5 Å². The summed E-state index contributed by atoms with van der Waals surface area (Å²) in [7, 11) is -3.69. The quantitative estimate of drug-likeness (QED) is 0.485. The fourth-order valence-corrected chi connectivity index (χ4v) is 4.35. The van der Waals surface area contributed by atoms with Crippen molar-refractivity contribution in [1.82, 2.24) is 4.72 Å². The van der Waals surface area contributed by atoms with Gasteiger partial charge in [-0.2, -0.15) is 0 Å². The first-order valence-electron chi connectivity index (χ1n) is 10.4. The second kappa shape index (κ2) is 10.4. The van der Waals surface area contributed by atoms with Crippen molar-refractivity contribution < 1.29 is 17.9 Å². The number of rotatable bonds is 9. The molecule has 0 bridgehead atoms. The Labute approximate surface area is 189 Å². The molecule has 0 aromatic heterocycles. The van der Waals surface area contributed by atoms with Crippen LogP contribution in [0.4, 0.5) is 5.69 Å². The fraction of sp³-hybridized carbons (Fsp3) is 0.240. The number of nitrogens with one attached hydrogen (secondary N) is 2. The Morgan fingerprint density at radius 2 is 1.47 bits per heavy atom. The summed E-state index contributed by atoms with van der Waals surface area (Å²) in [5.74, 6) is 0.536. The van der Waals surface area contributed by atoms with E-state index in [0.29, 0.717) is 17.4 Å². The first-order chi connectivity index (χ1) is 15.2. The highest BCUT2D eigenvalue weighted by molar-refractivity contribution is 7.89. The Morgan fingerprint density at radius 3 is 2.06 bits per heavy atom. The van der Waals surface area contributed by atoms with Crippen LogP contribution < -0.4 is 14.8 Å². The van der Waals surface area contributed by atoms with Gasteiger partial charge in [0.1, 0.15) is 5.75 Å². The molecule has 0 saturated carbocycles. The van der Waals surface area contributed by atoms with Gasteiger partial charge in [-0.05, 0) is 60.4 Å². The van der Waals surface area contributed by atoms with Crippen molar-refractivity contribution in [2.24, 2.45) is 0 Å². The Hall–Kier alpha value is -3.16. The van der Waals surface area contributed by atoms with Crippen LogP contribution in [0, 0.1) is 0 Å². The minimum atomic E-state index is -3.69. The van der Waals surface area contributed by atoms with E-state index in [0.717, 1.165) is 5.56 Å². The highest BCUT2D eigenvalue weighted by atomic mass is 32.2. The van der Waals surface area contributed by atoms with Gasteiger partial charge < -0.3 is 10.1 Å².